The van der Waals surface area contributed by atoms with E-state index in [1.54, 1.807) is 0 Å². The number of carbonyl (C=O) groups is 1. The second-order valence-corrected chi connectivity index (χ2v) is 9.19. The number of ether oxygens (including phenoxy) is 1. The number of rotatable bonds is 11. The van der Waals surface area contributed by atoms with E-state index in [1.807, 2.05) is 69.3 Å². The van der Waals surface area contributed by atoms with Gasteiger partial charge in [0.15, 0.2) is 0 Å². The van der Waals surface area contributed by atoms with Crippen LogP contribution in [0.5, 0.6) is 0 Å². The Labute approximate surface area is 195 Å². The SMILES string of the molecule is Cc1cccc(COCC2=NOC(Cc3ccccc3)(C(=O)N[C@@H](CC(C)C)B(O)O)C2)c1. The highest BCUT2D eigenvalue weighted by atomic mass is 16.7. The Morgan fingerprint density at radius 2 is 1.88 bits per heavy atom. The fraction of sp³-hybridized carbons (Fsp3) is 0.440. The largest absolute Gasteiger partial charge is 0.475 e. The first kappa shape index (κ1) is 25.0. The molecule has 0 radical (unpaired) electrons. The molecule has 7 nitrogen and oxygen atoms in total. The summed E-state index contributed by atoms with van der Waals surface area (Å²) in [6.07, 6.45) is 0.996. The molecule has 176 valence electrons. The van der Waals surface area contributed by atoms with Crippen molar-refractivity contribution in [2.75, 3.05) is 6.61 Å². The molecule has 1 aliphatic heterocycles. The van der Waals surface area contributed by atoms with Crippen LogP contribution in [-0.2, 0) is 27.4 Å². The monoisotopic (exact) mass is 452 g/mol. The molecule has 0 fully saturated rings. The lowest BCUT2D eigenvalue weighted by Gasteiger charge is -2.29. The molecule has 1 aliphatic rings. The molecule has 3 rings (SSSR count). The van der Waals surface area contributed by atoms with Gasteiger partial charge in [0.05, 0.1) is 24.9 Å². The Hall–Kier alpha value is -2.68. The molecule has 3 N–H and O–H groups in total. The molecule has 0 aliphatic carbocycles. The summed E-state index contributed by atoms with van der Waals surface area (Å²) in [5, 5.41) is 26.5. The fourth-order valence-corrected chi connectivity index (χ4v) is 4.00. The molecule has 0 aromatic heterocycles. The van der Waals surface area contributed by atoms with Crippen molar-refractivity contribution in [3.8, 4) is 0 Å². The van der Waals surface area contributed by atoms with E-state index in [-0.39, 0.29) is 18.9 Å². The average Bonchev–Trinajstić information content (AvgIpc) is 3.17. The van der Waals surface area contributed by atoms with Crippen molar-refractivity contribution in [3.05, 3.63) is 71.3 Å². The van der Waals surface area contributed by atoms with Crippen molar-refractivity contribution >= 4 is 18.7 Å². The van der Waals surface area contributed by atoms with Crippen LogP contribution in [0.1, 0.15) is 43.4 Å². The van der Waals surface area contributed by atoms with Crippen molar-refractivity contribution in [1.82, 2.24) is 5.32 Å². The van der Waals surface area contributed by atoms with Gasteiger partial charge < -0.3 is 24.9 Å². The number of carbonyl (C=O) groups excluding carboxylic acids is 1. The standard InChI is InChI=1S/C25H33BN2O5/c1-18(2)12-23(26(30)31)27-24(29)25(14-20-9-5-4-6-10-20)15-22(28-33-25)17-32-16-21-11-7-8-19(3)13-21/h4-11,13,18,23,30-31H,12,14-17H2,1-3H3,(H,27,29)/t23-,25?/m0/s1. The first-order valence-electron chi connectivity index (χ1n) is 11.4. The number of oxime groups is 1. The fourth-order valence-electron chi connectivity index (χ4n) is 4.00. The van der Waals surface area contributed by atoms with Gasteiger partial charge in [0.2, 0.25) is 5.60 Å². The van der Waals surface area contributed by atoms with Gasteiger partial charge in [0, 0.05) is 12.8 Å². The van der Waals surface area contributed by atoms with Crippen LogP contribution in [0.4, 0.5) is 0 Å². The number of nitrogens with zero attached hydrogens (tertiary/aromatic N) is 1. The summed E-state index contributed by atoms with van der Waals surface area (Å²) >= 11 is 0. The second kappa shape index (κ2) is 11.5. The summed E-state index contributed by atoms with van der Waals surface area (Å²) in [6.45, 7) is 6.63. The third-order valence-electron chi connectivity index (χ3n) is 5.61. The highest BCUT2D eigenvalue weighted by Gasteiger charge is 2.48. The maximum Gasteiger partial charge on any atom is 0.475 e. The van der Waals surface area contributed by atoms with E-state index in [0.717, 1.165) is 11.1 Å². The number of aryl methyl sites for hydroxylation is 1. The van der Waals surface area contributed by atoms with Crippen molar-refractivity contribution in [1.29, 1.82) is 0 Å². The van der Waals surface area contributed by atoms with Crippen LogP contribution in [0.2, 0.25) is 0 Å². The molecule has 8 heteroatoms. The Balaban J connectivity index is 1.69. The lowest BCUT2D eigenvalue weighted by Crippen LogP contribution is -2.56. The van der Waals surface area contributed by atoms with Gasteiger partial charge in [-0.15, -0.1) is 0 Å². The minimum atomic E-state index is -1.66. The Morgan fingerprint density at radius 1 is 1.15 bits per heavy atom. The summed E-state index contributed by atoms with van der Waals surface area (Å²) in [7, 11) is -1.66. The van der Waals surface area contributed by atoms with Crippen molar-refractivity contribution in [3.63, 3.8) is 0 Å². The first-order valence-corrected chi connectivity index (χ1v) is 11.4. The number of amides is 1. The topological polar surface area (TPSA) is 100 Å². The molecule has 0 bridgehead atoms. The van der Waals surface area contributed by atoms with Gasteiger partial charge in [-0.25, -0.2) is 0 Å². The summed E-state index contributed by atoms with van der Waals surface area (Å²) in [4.78, 5) is 19.1. The molecule has 0 saturated heterocycles. The van der Waals surface area contributed by atoms with E-state index in [4.69, 9.17) is 9.57 Å². The molecule has 0 spiro atoms. The third-order valence-corrected chi connectivity index (χ3v) is 5.61. The second-order valence-electron chi connectivity index (χ2n) is 9.19. The van der Waals surface area contributed by atoms with Gasteiger partial charge in [-0.2, -0.15) is 0 Å². The lowest BCUT2D eigenvalue weighted by molar-refractivity contribution is -0.144. The van der Waals surface area contributed by atoms with E-state index in [0.29, 0.717) is 25.2 Å². The zero-order chi connectivity index (χ0) is 23.8. The number of hydrogen-bond donors (Lipinski definition) is 3. The van der Waals surface area contributed by atoms with E-state index < -0.39 is 24.6 Å². The quantitative estimate of drug-likeness (QED) is 0.456. The Bertz CT molecular complexity index is 951. The van der Waals surface area contributed by atoms with Crippen LogP contribution >= 0.6 is 0 Å². The van der Waals surface area contributed by atoms with Crippen molar-refractivity contribution in [2.45, 2.75) is 58.2 Å². The number of benzene rings is 2. The summed E-state index contributed by atoms with van der Waals surface area (Å²) in [5.41, 5.74) is 2.52. The molecule has 1 unspecified atom stereocenters. The minimum absolute atomic E-state index is 0.175. The highest BCUT2D eigenvalue weighted by molar-refractivity contribution is 6.43. The van der Waals surface area contributed by atoms with Crippen LogP contribution in [0.25, 0.3) is 0 Å². The highest BCUT2D eigenvalue weighted by Crippen LogP contribution is 2.29. The number of nitrogens with one attached hydrogen (secondary N) is 1. The molecule has 1 amide bonds. The average molecular weight is 452 g/mol. The smallest absolute Gasteiger partial charge is 0.426 e. The number of hydrogen-bond acceptors (Lipinski definition) is 6. The van der Waals surface area contributed by atoms with Crippen LogP contribution in [0.3, 0.4) is 0 Å². The molecule has 0 saturated carbocycles. The van der Waals surface area contributed by atoms with Gasteiger partial charge in [-0.05, 0) is 30.4 Å². The summed E-state index contributed by atoms with van der Waals surface area (Å²) < 4.78 is 5.83. The molecular formula is C25H33BN2O5. The summed E-state index contributed by atoms with van der Waals surface area (Å²) in [6, 6.07) is 17.7. The van der Waals surface area contributed by atoms with E-state index >= 15 is 0 Å². The van der Waals surface area contributed by atoms with Gasteiger partial charge in [-0.3, -0.25) is 4.79 Å². The van der Waals surface area contributed by atoms with Crippen LogP contribution in [0.15, 0.2) is 59.8 Å². The van der Waals surface area contributed by atoms with Gasteiger partial charge in [0.1, 0.15) is 0 Å². The summed E-state index contributed by atoms with van der Waals surface area (Å²) in [5.74, 6) is -1.04. The van der Waals surface area contributed by atoms with Gasteiger partial charge in [0.25, 0.3) is 5.91 Å². The molecule has 2 aromatic rings. The molecule has 33 heavy (non-hydrogen) atoms. The predicted molar refractivity (Wildman–Crippen MR) is 128 cm³/mol. The molecule has 2 aromatic carbocycles. The maximum absolute atomic E-state index is 13.4. The van der Waals surface area contributed by atoms with Crippen LogP contribution in [0, 0.1) is 12.8 Å². The van der Waals surface area contributed by atoms with E-state index in [2.05, 4.69) is 16.5 Å². The van der Waals surface area contributed by atoms with Gasteiger partial charge >= 0.3 is 7.12 Å². The molecule has 1 heterocycles. The molecule has 2 atom stereocenters. The third kappa shape index (κ3) is 7.15. The lowest BCUT2D eigenvalue weighted by atomic mass is 9.74. The van der Waals surface area contributed by atoms with Crippen molar-refractivity contribution in [2.24, 2.45) is 11.1 Å². The van der Waals surface area contributed by atoms with E-state index in [9.17, 15) is 14.8 Å². The minimum Gasteiger partial charge on any atom is -0.426 e. The first-order chi connectivity index (χ1) is 15.8. The maximum atomic E-state index is 13.4. The van der Waals surface area contributed by atoms with E-state index in [1.165, 1.54) is 5.56 Å². The van der Waals surface area contributed by atoms with Crippen LogP contribution in [-0.4, -0.2) is 46.9 Å². The zero-order valence-corrected chi connectivity index (χ0v) is 19.5. The normalized spacial score (nSPS) is 18.5. The zero-order valence-electron chi connectivity index (χ0n) is 19.5. The van der Waals surface area contributed by atoms with Gasteiger partial charge in [-0.1, -0.05) is 79.2 Å². The predicted octanol–water partition coefficient (Wildman–Crippen LogP) is 2.81. The van der Waals surface area contributed by atoms with Crippen LogP contribution < -0.4 is 5.32 Å². The van der Waals surface area contributed by atoms with Crippen molar-refractivity contribution < 1.29 is 24.4 Å². The Kier molecular flexibility index (Phi) is 8.66. The Morgan fingerprint density at radius 3 is 2.55 bits per heavy atom. The molecular weight excluding hydrogens is 419 g/mol.